The number of carbonyl (C=O) groups is 10. The van der Waals surface area contributed by atoms with Gasteiger partial charge in [0.15, 0.2) is 5.96 Å². The molecule has 0 fully saturated rings. The Hall–Kier alpha value is -7.09. The number of phenols is 1. The van der Waals surface area contributed by atoms with Gasteiger partial charge in [0.05, 0.1) is 19.0 Å². The van der Waals surface area contributed by atoms with Crippen LogP contribution in [-0.4, -0.2) is 148 Å². The molecule has 1 rings (SSSR count). The van der Waals surface area contributed by atoms with Gasteiger partial charge in [-0.15, -0.1) is 0 Å². The average Bonchev–Trinajstić information content (AvgIpc) is 3.23. The van der Waals surface area contributed by atoms with Crippen LogP contribution in [0.4, 0.5) is 0 Å². The summed E-state index contributed by atoms with van der Waals surface area (Å²) in [5.74, 6) is -11.8. The summed E-state index contributed by atoms with van der Waals surface area (Å²) >= 11 is 0. The Morgan fingerprint density at radius 2 is 1.15 bits per heavy atom. The van der Waals surface area contributed by atoms with Gasteiger partial charge in [0.2, 0.25) is 41.4 Å². The van der Waals surface area contributed by atoms with Crippen LogP contribution in [0.2, 0.25) is 0 Å². The lowest BCUT2D eigenvalue weighted by atomic mass is 10.0. The zero-order valence-corrected chi connectivity index (χ0v) is 37.0. The number of rotatable bonds is 31. The monoisotopic (exact) mass is 936 g/mol. The molecule has 66 heavy (non-hydrogen) atoms. The molecule has 0 unspecified atom stereocenters. The van der Waals surface area contributed by atoms with Gasteiger partial charge in [-0.3, -0.25) is 48.1 Å². The minimum absolute atomic E-state index is 0.0230. The number of benzene rings is 1. The largest absolute Gasteiger partial charge is 0.508 e. The van der Waals surface area contributed by atoms with Crippen LogP contribution < -0.4 is 60.2 Å². The molecule has 26 nitrogen and oxygen atoms in total. The van der Waals surface area contributed by atoms with Gasteiger partial charge >= 0.3 is 17.9 Å². The number of nitrogens with zero attached hydrogens (tertiary/aromatic N) is 1. The van der Waals surface area contributed by atoms with Crippen LogP contribution in [-0.2, 0) is 54.4 Å². The van der Waals surface area contributed by atoms with Gasteiger partial charge in [0.1, 0.15) is 42.0 Å². The number of carbonyl (C=O) groups excluding carboxylic acids is 7. The summed E-state index contributed by atoms with van der Waals surface area (Å²) in [4.78, 5) is 132. The first-order valence-electron chi connectivity index (χ1n) is 21.0. The lowest BCUT2D eigenvalue weighted by Crippen LogP contribution is -2.60. The zero-order valence-electron chi connectivity index (χ0n) is 37.0. The number of aromatic hydroxyl groups is 1. The number of aliphatic imine (C=N–C) groups is 1. The van der Waals surface area contributed by atoms with Crippen LogP contribution in [0, 0.1) is 5.92 Å². The van der Waals surface area contributed by atoms with Crippen molar-refractivity contribution in [3.05, 3.63) is 29.8 Å². The molecular formula is C40H64N12O14. The fourth-order valence-corrected chi connectivity index (χ4v) is 5.96. The molecule has 0 aliphatic rings. The first kappa shape index (κ1) is 56.9. The minimum Gasteiger partial charge on any atom is -0.508 e. The molecule has 0 saturated heterocycles. The second-order valence-electron chi connectivity index (χ2n) is 15.6. The molecule has 1 aromatic carbocycles. The van der Waals surface area contributed by atoms with E-state index in [-0.39, 0.29) is 50.5 Å². The third-order valence-electron chi connectivity index (χ3n) is 9.54. The number of hydrogen-bond donors (Lipinski definition) is 15. The number of amides is 7. The van der Waals surface area contributed by atoms with E-state index in [4.69, 9.17) is 28.0 Å². The second-order valence-corrected chi connectivity index (χ2v) is 15.6. The number of phenolic OH excluding ortho intramolecular Hbond substituents is 1. The molecule has 7 amide bonds. The second kappa shape index (κ2) is 29.4. The maximum atomic E-state index is 14.1. The highest BCUT2D eigenvalue weighted by Gasteiger charge is 2.34. The van der Waals surface area contributed by atoms with Crippen molar-refractivity contribution >= 4 is 65.2 Å². The van der Waals surface area contributed by atoms with Crippen LogP contribution in [0.15, 0.2) is 29.3 Å². The van der Waals surface area contributed by atoms with E-state index in [1.807, 2.05) is 0 Å². The minimum atomic E-state index is -1.82. The summed E-state index contributed by atoms with van der Waals surface area (Å²) in [6.07, 6.45) is -1.70. The zero-order chi connectivity index (χ0) is 50.1. The molecule has 0 spiro atoms. The highest BCUT2D eigenvalue weighted by atomic mass is 16.4. The third kappa shape index (κ3) is 22.5. The number of nitrogens with two attached hydrogens (primary N) is 4. The van der Waals surface area contributed by atoms with Gasteiger partial charge < -0.3 is 80.6 Å². The average molecular weight is 937 g/mol. The standard InChI is InChI=1S/C40H64N12O14/c1-20(2)32(52-33(59)21(3)42)38(64)49-26(13-14-30(55)56)37(63)48-25(8-6-16-45-40(43)44)36(62)50-27(17-22-9-11-23(53)12-10-22)34(60)46-19-29(54)47-24(7-4-5-15-41)35(61)51-28(39(65)66)18-31(57)58/h9-12,20-21,24-28,32,53H,4-8,13-19,41-42H2,1-3H3,(H,46,60)(H,47,54)(H,48,63)(H,49,64)(H,50,62)(H,51,61)(H,52,59)(H,55,56)(H,57,58)(H,65,66)(H4,43,44,45)/t21-,24-,25-,26-,27-,28-,32-/m0/s1. The third-order valence-corrected chi connectivity index (χ3v) is 9.54. The Morgan fingerprint density at radius 3 is 1.67 bits per heavy atom. The van der Waals surface area contributed by atoms with E-state index in [9.17, 15) is 63.3 Å². The van der Waals surface area contributed by atoms with E-state index in [1.165, 1.54) is 31.2 Å². The van der Waals surface area contributed by atoms with Crippen LogP contribution in [0.3, 0.4) is 0 Å². The molecular weight excluding hydrogens is 873 g/mol. The van der Waals surface area contributed by atoms with Gasteiger partial charge in [0, 0.05) is 19.4 Å². The quantitative estimate of drug-likeness (QED) is 0.0190. The van der Waals surface area contributed by atoms with Crippen molar-refractivity contribution in [2.24, 2.45) is 33.8 Å². The Kier molecular flexibility index (Phi) is 25.3. The lowest BCUT2D eigenvalue weighted by molar-refractivity contribution is -0.147. The number of hydrogen-bond acceptors (Lipinski definition) is 14. The molecule has 368 valence electrons. The van der Waals surface area contributed by atoms with Crippen molar-refractivity contribution in [3.63, 3.8) is 0 Å². The molecule has 0 aliphatic heterocycles. The molecule has 0 aliphatic carbocycles. The van der Waals surface area contributed by atoms with Gasteiger partial charge in [-0.25, -0.2) is 4.79 Å². The summed E-state index contributed by atoms with van der Waals surface area (Å²) in [6, 6.07) is -4.42. The lowest BCUT2D eigenvalue weighted by Gasteiger charge is -2.27. The molecule has 0 saturated carbocycles. The Bertz CT molecular complexity index is 1870. The number of unbranched alkanes of at least 4 members (excludes halogenated alkanes) is 1. The number of aliphatic carboxylic acids is 3. The van der Waals surface area contributed by atoms with Crippen LogP contribution >= 0.6 is 0 Å². The highest BCUT2D eigenvalue weighted by Crippen LogP contribution is 2.13. The van der Waals surface area contributed by atoms with E-state index in [2.05, 4.69) is 42.2 Å². The van der Waals surface area contributed by atoms with Gasteiger partial charge in [-0.2, -0.15) is 0 Å². The maximum Gasteiger partial charge on any atom is 0.326 e. The van der Waals surface area contributed by atoms with E-state index in [0.29, 0.717) is 18.4 Å². The SMILES string of the molecule is CC(C)[C@H](NC(=O)[C@H](C)N)C(=O)N[C@@H](CCC(=O)O)C(=O)N[C@@H](CCCN=C(N)N)C(=O)N[C@@H](Cc1ccc(O)cc1)C(=O)NCC(=O)N[C@@H](CCCCN)C(=O)N[C@@H](CC(=O)O)C(=O)O. The van der Waals surface area contributed by atoms with E-state index in [1.54, 1.807) is 13.8 Å². The molecule has 26 heteroatoms. The van der Waals surface area contributed by atoms with Gasteiger partial charge in [0.25, 0.3) is 0 Å². The first-order valence-corrected chi connectivity index (χ1v) is 21.0. The highest BCUT2D eigenvalue weighted by molar-refractivity contribution is 5.97. The number of carboxylic acids is 3. The summed E-state index contributed by atoms with van der Waals surface area (Å²) in [5, 5.41) is 54.5. The number of nitrogens with one attached hydrogen (secondary N) is 7. The van der Waals surface area contributed by atoms with E-state index < -0.39 is 133 Å². The fraction of sp³-hybridized carbons (Fsp3) is 0.575. The smallest absolute Gasteiger partial charge is 0.326 e. The Morgan fingerprint density at radius 1 is 0.621 bits per heavy atom. The summed E-state index contributed by atoms with van der Waals surface area (Å²) < 4.78 is 0. The molecule has 0 bridgehead atoms. The van der Waals surface area contributed by atoms with Crippen molar-refractivity contribution < 1.29 is 68.4 Å². The molecule has 0 heterocycles. The Labute approximate surface area is 380 Å². The summed E-state index contributed by atoms with van der Waals surface area (Å²) in [7, 11) is 0. The van der Waals surface area contributed by atoms with Crippen LogP contribution in [0.5, 0.6) is 5.75 Å². The fourth-order valence-electron chi connectivity index (χ4n) is 5.96. The maximum absolute atomic E-state index is 14.1. The van der Waals surface area contributed by atoms with Crippen molar-refractivity contribution in [1.29, 1.82) is 0 Å². The summed E-state index contributed by atoms with van der Waals surface area (Å²) in [6.45, 7) is 4.02. The predicted octanol–water partition coefficient (Wildman–Crippen LogP) is -4.43. The molecule has 7 atom stereocenters. The topological polar surface area (TPSA) is 452 Å². The van der Waals surface area contributed by atoms with Gasteiger partial charge in [-0.05, 0) is 75.6 Å². The molecule has 0 radical (unpaired) electrons. The van der Waals surface area contributed by atoms with Crippen LogP contribution in [0.1, 0.15) is 77.7 Å². The van der Waals surface area contributed by atoms with E-state index in [0.717, 1.165) is 0 Å². The normalized spacial score (nSPS) is 14.0. The van der Waals surface area contributed by atoms with Crippen molar-refractivity contribution in [2.75, 3.05) is 19.6 Å². The van der Waals surface area contributed by atoms with Gasteiger partial charge in [-0.1, -0.05) is 26.0 Å². The number of guanidine groups is 1. The summed E-state index contributed by atoms with van der Waals surface area (Å²) in [5.41, 5.74) is 22.5. The Balaban J connectivity index is 3.46. The molecule has 19 N–H and O–H groups in total. The molecule has 1 aromatic rings. The first-order chi connectivity index (χ1) is 30.9. The van der Waals surface area contributed by atoms with Crippen molar-refractivity contribution in [3.8, 4) is 5.75 Å². The van der Waals surface area contributed by atoms with E-state index >= 15 is 0 Å². The molecule has 0 aromatic heterocycles. The number of carboxylic acid groups (broad SMARTS) is 3. The van der Waals surface area contributed by atoms with Crippen molar-refractivity contribution in [1.82, 2.24) is 37.2 Å². The van der Waals surface area contributed by atoms with Crippen molar-refractivity contribution in [2.45, 2.75) is 121 Å². The van der Waals surface area contributed by atoms with Crippen LogP contribution in [0.25, 0.3) is 0 Å². The predicted molar refractivity (Wildman–Crippen MR) is 234 cm³/mol.